The fraction of sp³-hybridized carbons (Fsp3) is 0.312. The Morgan fingerprint density at radius 1 is 1.30 bits per heavy atom. The van der Waals surface area contributed by atoms with Gasteiger partial charge in [0.25, 0.3) is 0 Å². The Balaban J connectivity index is 2.10. The van der Waals surface area contributed by atoms with Crippen molar-refractivity contribution in [3.63, 3.8) is 0 Å². The first kappa shape index (κ1) is 14.3. The minimum Gasteiger partial charge on any atom is -0.489 e. The van der Waals surface area contributed by atoms with Crippen molar-refractivity contribution < 1.29 is 4.74 Å². The Bertz CT molecular complexity index is 557. The fourth-order valence-electron chi connectivity index (χ4n) is 2.04. The van der Waals surface area contributed by atoms with Crippen LogP contribution in [-0.2, 0) is 6.61 Å². The standard InChI is InChI=1S/C16H21N3O/c1-3-12(2)14-6-4-5-7-15(14)20-11-13-8-9-18-16(10-13)19-17/h4-10,12H,3,11,17H2,1-2H3,(H,18,19). The van der Waals surface area contributed by atoms with Crippen LogP contribution in [0.25, 0.3) is 0 Å². The van der Waals surface area contributed by atoms with Crippen LogP contribution in [0.15, 0.2) is 42.6 Å². The Morgan fingerprint density at radius 2 is 2.10 bits per heavy atom. The molecule has 20 heavy (non-hydrogen) atoms. The summed E-state index contributed by atoms with van der Waals surface area (Å²) in [6.07, 6.45) is 2.81. The Labute approximate surface area is 120 Å². The summed E-state index contributed by atoms with van der Waals surface area (Å²) >= 11 is 0. The first-order valence-corrected chi connectivity index (χ1v) is 6.87. The molecule has 0 spiro atoms. The molecule has 2 rings (SSSR count). The number of para-hydroxylation sites is 1. The second kappa shape index (κ2) is 6.91. The molecule has 0 saturated heterocycles. The zero-order valence-corrected chi connectivity index (χ0v) is 12.0. The van der Waals surface area contributed by atoms with Gasteiger partial charge in [-0.15, -0.1) is 0 Å². The molecule has 1 atom stereocenters. The van der Waals surface area contributed by atoms with Gasteiger partial charge in [0.15, 0.2) is 0 Å². The fourth-order valence-corrected chi connectivity index (χ4v) is 2.04. The molecule has 1 aromatic heterocycles. The van der Waals surface area contributed by atoms with E-state index in [-0.39, 0.29) is 0 Å². The van der Waals surface area contributed by atoms with Crippen LogP contribution in [0.4, 0.5) is 5.82 Å². The number of hydrogen-bond donors (Lipinski definition) is 2. The molecule has 0 radical (unpaired) electrons. The molecule has 0 aliphatic carbocycles. The molecule has 0 saturated carbocycles. The number of hydrazine groups is 1. The van der Waals surface area contributed by atoms with Crippen LogP contribution in [0.3, 0.4) is 0 Å². The zero-order chi connectivity index (χ0) is 14.4. The van der Waals surface area contributed by atoms with Gasteiger partial charge in [-0.25, -0.2) is 10.8 Å². The number of aromatic nitrogens is 1. The van der Waals surface area contributed by atoms with Gasteiger partial charge in [0.05, 0.1) is 0 Å². The monoisotopic (exact) mass is 271 g/mol. The van der Waals surface area contributed by atoms with Crippen LogP contribution >= 0.6 is 0 Å². The first-order valence-electron chi connectivity index (χ1n) is 6.87. The van der Waals surface area contributed by atoms with Crippen molar-refractivity contribution >= 4 is 5.82 Å². The van der Waals surface area contributed by atoms with Crippen LogP contribution < -0.4 is 16.0 Å². The molecule has 4 heteroatoms. The van der Waals surface area contributed by atoms with Gasteiger partial charge in [-0.05, 0) is 41.7 Å². The second-order valence-electron chi connectivity index (χ2n) is 4.83. The van der Waals surface area contributed by atoms with E-state index in [0.717, 1.165) is 17.7 Å². The Hall–Kier alpha value is -2.07. The van der Waals surface area contributed by atoms with Crippen LogP contribution in [0.1, 0.15) is 37.3 Å². The van der Waals surface area contributed by atoms with Crippen molar-refractivity contribution in [2.24, 2.45) is 5.84 Å². The molecule has 0 aliphatic rings. The molecule has 1 unspecified atom stereocenters. The Kier molecular flexibility index (Phi) is 4.96. The molecule has 1 heterocycles. The topological polar surface area (TPSA) is 60.2 Å². The SMILES string of the molecule is CCC(C)c1ccccc1OCc1ccnc(NN)c1. The van der Waals surface area contributed by atoms with Crippen LogP contribution in [0.2, 0.25) is 0 Å². The number of nitrogen functional groups attached to an aromatic ring is 1. The molecular weight excluding hydrogens is 250 g/mol. The van der Waals surface area contributed by atoms with E-state index < -0.39 is 0 Å². The van der Waals surface area contributed by atoms with Gasteiger partial charge < -0.3 is 10.2 Å². The third-order valence-electron chi connectivity index (χ3n) is 3.43. The molecule has 0 bridgehead atoms. The highest BCUT2D eigenvalue weighted by atomic mass is 16.5. The van der Waals surface area contributed by atoms with Crippen molar-refractivity contribution in [3.8, 4) is 5.75 Å². The van der Waals surface area contributed by atoms with Gasteiger partial charge in [-0.1, -0.05) is 32.0 Å². The summed E-state index contributed by atoms with van der Waals surface area (Å²) < 4.78 is 5.95. The van der Waals surface area contributed by atoms with Gasteiger partial charge in [0, 0.05) is 6.20 Å². The molecule has 0 fully saturated rings. The van der Waals surface area contributed by atoms with Crippen LogP contribution in [0, 0.1) is 0 Å². The normalized spacial score (nSPS) is 11.9. The lowest BCUT2D eigenvalue weighted by Crippen LogP contribution is -2.09. The van der Waals surface area contributed by atoms with Gasteiger partial charge in [0.2, 0.25) is 0 Å². The smallest absolute Gasteiger partial charge is 0.140 e. The number of benzene rings is 1. The van der Waals surface area contributed by atoms with Crippen molar-refractivity contribution in [3.05, 3.63) is 53.7 Å². The van der Waals surface area contributed by atoms with Gasteiger partial charge in [0.1, 0.15) is 18.2 Å². The van der Waals surface area contributed by atoms with E-state index in [0.29, 0.717) is 18.3 Å². The van der Waals surface area contributed by atoms with Crippen LogP contribution in [-0.4, -0.2) is 4.98 Å². The quantitative estimate of drug-likeness (QED) is 0.624. The van der Waals surface area contributed by atoms with E-state index in [4.69, 9.17) is 10.6 Å². The van der Waals surface area contributed by atoms with E-state index in [1.807, 2.05) is 24.3 Å². The maximum atomic E-state index is 5.95. The number of anilines is 1. The predicted molar refractivity (Wildman–Crippen MR) is 81.5 cm³/mol. The summed E-state index contributed by atoms with van der Waals surface area (Å²) in [6.45, 7) is 4.90. The highest BCUT2D eigenvalue weighted by molar-refractivity contribution is 5.38. The Morgan fingerprint density at radius 3 is 2.85 bits per heavy atom. The van der Waals surface area contributed by atoms with E-state index in [2.05, 4.69) is 36.4 Å². The molecule has 4 nitrogen and oxygen atoms in total. The number of nitrogens with zero attached hydrogens (tertiary/aromatic N) is 1. The van der Waals surface area contributed by atoms with Crippen molar-refractivity contribution in [1.82, 2.24) is 4.98 Å². The largest absolute Gasteiger partial charge is 0.489 e. The third-order valence-corrected chi connectivity index (χ3v) is 3.43. The van der Waals surface area contributed by atoms with E-state index in [1.54, 1.807) is 6.20 Å². The van der Waals surface area contributed by atoms with E-state index in [9.17, 15) is 0 Å². The number of pyridine rings is 1. The molecule has 2 aromatic rings. The molecular formula is C16H21N3O. The van der Waals surface area contributed by atoms with Crippen molar-refractivity contribution in [2.45, 2.75) is 32.8 Å². The minimum absolute atomic E-state index is 0.491. The molecule has 106 valence electrons. The van der Waals surface area contributed by atoms with Gasteiger partial charge in [-0.3, -0.25) is 0 Å². The molecule has 1 aromatic carbocycles. The highest BCUT2D eigenvalue weighted by Gasteiger charge is 2.09. The number of hydrogen-bond acceptors (Lipinski definition) is 4. The molecule has 3 N–H and O–H groups in total. The summed E-state index contributed by atoms with van der Waals surface area (Å²) in [6, 6.07) is 12.0. The third kappa shape index (κ3) is 3.48. The number of rotatable bonds is 6. The number of nitrogens with two attached hydrogens (primary N) is 1. The van der Waals surface area contributed by atoms with E-state index in [1.165, 1.54) is 5.56 Å². The summed E-state index contributed by atoms with van der Waals surface area (Å²) in [5.41, 5.74) is 4.82. The predicted octanol–water partition coefficient (Wildman–Crippen LogP) is 3.46. The summed E-state index contributed by atoms with van der Waals surface area (Å²) in [5, 5.41) is 0. The second-order valence-corrected chi connectivity index (χ2v) is 4.83. The average molecular weight is 271 g/mol. The minimum atomic E-state index is 0.491. The van der Waals surface area contributed by atoms with Crippen LogP contribution in [0.5, 0.6) is 5.75 Å². The number of nitrogens with one attached hydrogen (secondary N) is 1. The maximum absolute atomic E-state index is 5.95. The zero-order valence-electron chi connectivity index (χ0n) is 12.0. The lowest BCUT2D eigenvalue weighted by molar-refractivity contribution is 0.301. The highest BCUT2D eigenvalue weighted by Crippen LogP contribution is 2.28. The summed E-state index contributed by atoms with van der Waals surface area (Å²) in [4.78, 5) is 4.08. The maximum Gasteiger partial charge on any atom is 0.140 e. The first-order chi connectivity index (χ1) is 9.74. The van der Waals surface area contributed by atoms with Gasteiger partial charge in [-0.2, -0.15) is 0 Å². The van der Waals surface area contributed by atoms with Gasteiger partial charge >= 0.3 is 0 Å². The van der Waals surface area contributed by atoms with Crippen molar-refractivity contribution in [2.75, 3.05) is 5.43 Å². The van der Waals surface area contributed by atoms with Crippen molar-refractivity contribution in [1.29, 1.82) is 0 Å². The lowest BCUT2D eigenvalue weighted by atomic mass is 9.98. The lowest BCUT2D eigenvalue weighted by Gasteiger charge is -2.15. The molecule has 0 amide bonds. The summed E-state index contributed by atoms with van der Waals surface area (Å²) in [7, 11) is 0. The number of ether oxygens (including phenoxy) is 1. The summed E-state index contributed by atoms with van der Waals surface area (Å²) in [5.74, 6) is 7.43. The molecule has 0 aliphatic heterocycles. The average Bonchev–Trinajstić information content (AvgIpc) is 2.52. The van der Waals surface area contributed by atoms with E-state index >= 15 is 0 Å².